The number of carbonyl (C=O) groups excluding carboxylic acids is 2. The lowest BCUT2D eigenvalue weighted by Gasteiger charge is -2.25. The van der Waals surface area contributed by atoms with Crippen molar-refractivity contribution >= 4 is 28.2 Å². The van der Waals surface area contributed by atoms with Gasteiger partial charge in [-0.15, -0.1) is 11.3 Å². The predicted octanol–water partition coefficient (Wildman–Crippen LogP) is 2.99. The number of nitrogens with zero attached hydrogens (tertiary/aromatic N) is 2. The van der Waals surface area contributed by atoms with Gasteiger partial charge in [0, 0.05) is 18.3 Å². The Balaban J connectivity index is 1.90. The Hall–Kier alpha value is -2.59. The maximum Gasteiger partial charge on any atom is 0.259 e. The smallest absolute Gasteiger partial charge is 0.259 e. The molecule has 0 radical (unpaired) electrons. The van der Waals surface area contributed by atoms with Gasteiger partial charge in [-0.1, -0.05) is 0 Å². The summed E-state index contributed by atoms with van der Waals surface area (Å²) in [6.45, 7) is 6.14. The molecule has 0 fully saturated rings. The van der Waals surface area contributed by atoms with Gasteiger partial charge in [-0.3, -0.25) is 9.59 Å². The van der Waals surface area contributed by atoms with Crippen molar-refractivity contribution in [2.75, 3.05) is 11.9 Å². The number of amides is 2. The van der Waals surface area contributed by atoms with E-state index in [1.165, 1.54) is 18.3 Å². The van der Waals surface area contributed by atoms with Gasteiger partial charge < -0.3 is 14.6 Å². The van der Waals surface area contributed by atoms with Gasteiger partial charge in [0.05, 0.1) is 17.7 Å². The normalized spacial score (nSPS) is 13.3. The third-order valence-corrected chi connectivity index (χ3v) is 5.26. The van der Waals surface area contributed by atoms with Crippen molar-refractivity contribution in [3.05, 3.63) is 39.2 Å². The van der Waals surface area contributed by atoms with E-state index < -0.39 is 0 Å². The molecule has 0 aromatic carbocycles. The minimum atomic E-state index is -0.289. The Kier molecular flexibility index (Phi) is 4.16. The van der Waals surface area contributed by atoms with Gasteiger partial charge in [0.25, 0.3) is 5.91 Å². The minimum Gasteiger partial charge on any atom is -0.466 e. The highest BCUT2D eigenvalue weighted by atomic mass is 32.1. The standard InChI is InChI=1S/C17H17N3O3S/c1-9-6-13(10(2)23-9)16(22)19-17-14(7-18)12-4-5-20(11(3)21)8-15(12)24-17/h6H,4-5,8H2,1-3H3,(H,19,22). The summed E-state index contributed by atoms with van der Waals surface area (Å²) in [7, 11) is 0. The topological polar surface area (TPSA) is 86.3 Å². The molecule has 3 rings (SSSR count). The van der Waals surface area contributed by atoms with Crippen molar-refractivity contribution in [3.63, 3.8) is 0 Å². The molecule has 0 atom stereocenters. The summed E-state index contributed by atoms with van der Waals surface area (Å²) in [5.74, 6) is 0.943. The molecule has 1 N–H and O–H groups in total. The van der Waals surface area contributed by atoms with Crippen LogP contribution in [0.2, 0.25) is 0 Å². The van der Waals surface area contributed by atoms with Gasteiger partial charge in [0.2, 0.25) is 5.91 Å². The number of hydrogen-bond donors (Lipinski definition) is 1. The van der Waals surface area contributed by atoms with Crippen LogP contribution in [0.15, 0.2) is 10.5 Å². The Morgan fingerprint density at radius 1 is 1.42 bits per heavy atom. The molecule has 6 nitrogen and oxygen atoms in total. The maximum absolute atomic E-state index is 12.5. The van der Waals surface area contributed by atoms with E-state index in [0.717, 1.165) is 10.4 Å². The number of furan rings is 1. The van der Waals surface area contributed by atoms with Crippen molar-refractivity contribution in [2.45, 2.75) is 33.7 Å². The van der Waals surface area contributed by atoms with E-state index in [-0.39, 0.29) is 11.8 Å². The summed E-state index contributed by atoms with van der Waals surface area (Å²) in [6, 6.07) is 3.88. The van der Waals surface area contributed by atoms with Gasteiger partial charge in [-0.2, -0.15) is 5.26 Å². The molecule has 24 heavy (non-hydrogen) atoms. The average Bonchev–Trinajstić information content (AvgIpc) is 3.05. The van der Waals surface area contributed by atoms with Crippen LogP contribution in [0.25, 0.3) is 0 Å². The van der Waals surface area contributed by atoms with Crippen molar-refractivity contribution in [1.29, 1.82) is 5.26 Å². The average molecular weight is 343 g/mol. The molecule has 2 aromatic heterocycles. The second-order valence-electron chi connectivity index (χ2n) is 5.79. The number of aryl methyl sites for hydroxylation is 2. The summed E-state index contributed by atoms with van der Waals surface area (Å²) >= 11 is 1.36. The summed E-state index contributed by atoms with van der Waals surface area (Å²) in [6.07, 6.45) is 0.633. The molecule has 0 bridgehead atoms. The summed E-state index contributed by atoms with van der Waals surface area (Å²) < 4.78 is 5.39. The molecule has 0 unspecified atom stereocenters. The largest absolute Gasteiger partial charge is 0.466 e. The Labute approximate surface area is 143 Å². The summed E-state index contributed by atoms with van der Waals surface area (Å²) in [4.78, 5) is 26.7. The second-order valence-corrected chi connectivity index (χ2v) is 6.90. The van der Waals surface area contributed by atoms with E-state index in [2.05, 4.69) is 11.4 Å². The fourth-order valence-electron chi connectivity index (χ4n) is 2.91. The van der Waals surface area contributed by atoms with Crippen LogP contribution in [0.1, 0.15) is 44.8 Å². The number of anilines is 1. The van der Waals surface area contributed by atoms with Gasteiger partial charge >= 0.3 is 0 Å². The second kappa shape index (κ2) is 6.13. The molecular weight excluding hydrogens is 326 g/mol. The highest BCUT2D eigenvalue weighted by Crippen LogP contribution is 2.37. The highest BCUT2D eigenvalue weighted by molar-refractivity contribution is 7.16. The Morgan fingerprint density at radius 2 is 2.17 bits per heavy atom. The van der Waals surface area contributed by atoms with E-state index in [9.17, 15) is 14.9 Å². The molecule has 0 saturated heterocycles. The van der Waals surface area contributed by atoms with E-state index in [1.54, 1.807) is 24.8 Å². The molecule has 1 aliphatic rings. The molecule has 2 aromatic rings. The van der Waals surface area contributed by atoms with Crippen LogP contribution in [0, 0.1) is 25.2 Å². The zero-order valence-corrected chi connectivity index (χ0v) is 14.5. The summed E-state index contributed by atoms with van der Waals surface area (Å²) in [5, 5.41) is 12.9. The number of carbonyl (C=O) groups is 2. The predicted molar refractivity (Wildman–Crippen MR) is 90.0 cm³/mol. The number of nitrogens with one attached hydrogen (secondary N) is 1. The lowest BCUT2D eigenvalue weighted by molar-refractivity contribution is -0.129. The third-order valence-electron chi connectivity index (χ3n) is 4.13. The SMILES string of the molecule is CC(=O)N1CCc2c(sc(NC(=O)c3cc(C)oc3C)c2C#N)C1. The van der Waals surface area contributed by atoms with Gasteiger partial charge in [-0.05, 0) is 31.9 Å². The third kappa shape index (κ3) is 2.81. The molecule has 1 aliphatic heterocycles. The maximum atomic E-state index is 12.5. The number of nitriles is 1. The Bertz CT molecular complexity index is 873. The molecule has 0 saturated carbocycles. The zero-order valence-electron chi connectivity index (χ0n) is 13.7. The van der Waals surface area contributed by atoms with Crippen molar-refractivity contribution in [3.8, 4) is 6.07 Å². The highest BCUT2D eigenvalue weighted by Gasteiger charge is 2.26. The first kappa shape index (κ1) is 16.3. The van der Waals surface area contributed by atoms with Crippen molar-refractivity contribution < 1.29 is 14.0 Å². The van der Waals surface area contributed by atoms with Crippen molar-refractivity contribution in [2.24, 2.45) is 0 Å². The molecule has 124 valence electrons. The lowest BCUT2D eigenvalue weighted by atomic mass is 10.0. The molecular formula is C17H17N3O3S. The first-order valence-corrected chi connectivity index (χ1v) is 8.41. The molecule has 0 spiro atoms. The van der Waals surface area contributed by atoms with Crippen LogP contribution < -0.4 is 5.32 Å². The van der Waals surface area contributed by atoms with E-state index >= 15 is 0 Å². The number of hydrogen-bond acceptors (Lipinski definition) is 5. The first-order valence-electron chi connectivity index (χ1n) is 7.59. The van der Waals surface area contributed by atoms with Crippen LogP contribution in [-0.2, 0) is 17.8 Å². The molecule has 2 amide bonds. The van der Waals surface area contributed by atoms with E-state index in [0.29, 0.717) is 47.2 Å². The van der Waals surface area contributed by atoms with Crippen LogP contribution in [0.4, 0.5) is 5.00 Å². The van der Waals surface area contributed by atoms with Crippen LogP contribution >= 0.6 is 11.3 Å². The van der Waals surface area contributed by atoms with Crippen molar-refractivity contribution in [1.82, 2.24) is 4.90 Å². The first-order chi connectivity index (χ1) is 11.4. The van der Waals surface area contributed by atoms with E-state index in [1.807, 2.05) is 0 Å². The fraction of sp³-hybridized carbons (Fsp3) is 0.353. The Morgan fingerprint density at radius 3 is 2.75 bits per heavy atom. The number of fused-ring (bicyclic) bond motifs is 1. The molecule has 3 heterocycles. The summed E-state index contributed by atoms with van der Waals surface area (Å²) in [5.41, 5.74) is 1.91. The quantitative estimate of drug-likeness (QED) is 0.908. The lowest BCUT2D eigenvalue weighted by Crippen LogP contribution is -2.33. The van der Waals surface area contributed by atoms with Gasteiger partial charge in [0.1, 0.15) is 22.6 Å². The monoisotopic (exact) mass is 343 g/mol. The van der Waals surface area contributed by atoms with E-state index in [4.69, 9.17) is 4.42 Å². The van der Waals surface area contributed by atoms with Crippen LogP contribution in [0.5, 0.6) is 0 Å². The molecule has 7 heteroatoms. The van der Waals surface area contributed by atoms with Crippen LogP contribution in [0.3, 0.4) is 0 Å². The fourth-order valence-corrected chi connectivity index (χ4v) is 4.11. The molecule has 0 aliphatic carbocycles. The number of rotatable bonds is 2. The van der Waals surface area contributed by atoms with Crippen LogP contribution in [-0.4, -0.2) is 23.3 Å². The number of thiophene rings is 1. The minimum absolute atomic E-state index is 0.0163. The zero-order chi connectivity index (χ0) is 17.4. The van der Waals surface area contributed by atoms with Gasteiger partial charge in [0.15, 0.2) is 0 Å². The van der Waals surface area contributed by atoms with Gasteiger partial charge in [-0.25, -0.2) is 0 Å².